The van der Waals surface area contributed by atoms with Crippen LogP contribution >= 0.6 is 0 Å². The quantitative estimate of drug-likeness (QED) is 0.545. The predicted octanol–water partition coefficient (Wildman–Crippen LogP) is 0.145. The summed E-state index contributed by atoms with van der Waals surface area (Å²) in [5.41, 5.74) is 4.51. The van der Waals surface area contributed by atoms with E-state index in [0.717, 1.165) is 25.7 Å². The molecular formula is C13H26N2O3. The molecule has 0 radical (unpaired) electrons. The van der Waals surface area contributed by atoms with Crippen LogP contribution < -0.4 is 11.1 Å². The molecule has 18 heavy (non-hydrogen) atoms. The molecule has 0 aromatic heterocycles. The fraction of sp³-hybridized carbons (Fsp3) is 0.923. The highest BCUT2D eigenvalue weighted by Crippen LogP contribution is 2.38. The van der Waals surface area contributed by atoms with Gasteiger partial charge in [-0.05, 0) is 31.7 Å². The van der Waals surface area contributed by atoms with Crippen LogP contribution in [0.4, 0.5) is 0 Å². The van der Waals surface area contributed by atoms with Gasteiger partial charge in [0.1, 0.15) is 5.60 Å². The molecule has 1 aliphatic rings. The third kappa shape index (κ3) is 4.55. The van der Waals surface area contributed by atoms with Crippen molar-refractivity contribution in [1.82, 2.24) is 5.32 Å². The lowest BCUT2D eigenvalue weighted by Gasteiger charge is -2.36. The van der Waals surface area contributed by atoms with Gasteiger partial charge in [0, 0.05) is 13.0 Å². The Labute approximate surface area is 109 Å². The Morgan fingerprint density at radius 2 is 2.00 bits per heavy atom. The van der Waals surface area contributed by atoms with Gasteiger partial charge in [0.25, 0.3) is 0 Å². The van der Waals surface area contributed by atoms with Gasteiger partial charge in [-0.25, -0.2) is 0 Å². The highest BCUT2D eigenvalue weighted by atomic mass is 16.3. The largest absolute Gasteiger partial charge is 0.393 e. The summed E-state index contributed by atoms with van der Waals surface area (Å²) in [6.45, 7) is 1.74. The molecule has 1 saturated carbocycles. The third-order valence-electron chi connectivity index (χ3n) is 3.89. The molecule has 5 N–H and O–H groups in total. The van der Waals surface area contributed by atoms with Crippen LogP contribution in [0.15, 0.2) is 0 Å². The zero-order valence-electron chi connectivity index (χ0n) is 11.2. The topological polar surface area (TPSA) is 95.6 Å². The second-order valence-electron chi connectivity index (χ2n) is 5.87. The minimum absolute atomic E-state index is 0.0621. The molecule has 1 atom stereocenters. The van der Waals surface area contributed by atoms with E-state index in [9.17, 15) is 9.90 Å². The highest BCUT2D eigenvalue weighted by molar-refractivity contribution is 5.76. The van der Waals surface area contributed by atoms with Crippen LogP contribution in [0.5, 0.6) is 0 Å². The van der Waals surface area contributed by atoms with Crippen LogP contribution in [0.2, 0.25) is 0 Å². The standard InChI is InChI=1S/C13H26N2O3/c1-12(18,10-16)9-15-11(17)7-13(8-14)5-3-2-4-6-13/h16,18H,2-10,14H2,1H3,(H,15,17). The SMILES string of the molecule is CC(O)(CO)CNC(=O)CC1(CN)CCCCC1. The molecule has 1 fully saturated rings. The van der Waals surface area contributed by atoms with Gasteiger partial charge in [0.05, 0.1) is 6.61 Å². The molecule has 0 aromatic carbocycles. The van der Waals surface area contributed by atoms with Crippen LogP contribution in [0.1, 0.15) is 45.4 Å². The molecule has 1 amide bonds. The second kappa shape index (κ2) is 6.50. The second-order valence-corrected chi connectivity index (χ2v) is 5.87. The normalized spacial score (nSPS) is 22.2. The summed E-state index contributed by atoms with van der Waals surface area (Å²) in [5, 5.41) is 21.2. The average Bonchev–Trinajstić information content (AvgIpc) is 2.38. The zero-order chi connectivity index (χ0) is 13.6. The van der Waals surface area contributed by atoms with E-state index in [0.29, 0.717) is 13.0 Å². The molecule has 0 aromatic rings. The van der Waals surface area contributed by atoms with E-state index in [-0.39, 0.29) is 24.5 Å². The van der Waals surface area contributed by atoms with Crippen molar-refractivity contribution in [3.05, 3.63) is 0 Å². The maximum absolute atomic E-state index is 11.9. The first-order valence-electron chi connectivity index (χ1n) is 6.73. The summed E-state index contributed by atoms with van der Waals surface area (Å²) >= 11 is 0. The first-order valence-corrected chi connectivity index (χ1v) is 6.73. The fourth-order valence-electron chi connectivity index (χ4n) is 2.50. The van der Waals surface area contributed by atoms with Crippen molar-refractivity contribution in [3.63, 3.8) is 0 Å². The van der Waals surface area contributed by atoms with Crippen molar-refractivity contribution in [2.75, 3.05) is 19.7 Å². The fourth-order valence-corrected chi connectivity index (χ4v) is 2.50. The Hall–Kier alpha value is -0.650. The average molecular weight is 258 g/mol. The van der Waals surface area contributed by atoms with Gasteiger partial charge in [-0.2, -0.15) is 0 Å². The van der Waals surface area contributed by atoms with E-state index in [1.165, 1.54) is 13.3 Å². The minimum Gasteiger partial charge on any atom is -0.393 e. The van der Waals surface area contributed by atoms with E-state index in [1.807, 2.05) is 0 Å². The molecular weight excluding hydrogens is 232 g/mol. The van der Waals surface area contributed by atoms with Crippen molar-refractivity contribution in [2.24, 2.45) is 11.1 Å². The first kappa shape index (κ1) is 15.4. The molecule has 106 valence electrons. The van der Waals surface area contributed by atoms with Gasteiger partial charge in [-0.1, -0.05) is 19.3 Å². The van der Waals surface area contributed by atoms with Crippen LogP contribution in [0.3, 0.4) is 0 Å². The molecule has 0 heterocycles. The number of hydrogen-bond donors (Lipinski definition) is 4. The summed E-state index contributed by atoms with van der Waals surface area (Å²) in [6.07, 6.45) is 5.94. The summed E-state index contributed by atoms with van der Waals surface area (Å²) in [4.78, 5) is 11.9. The van der Waals surface area contributed by atoms with E-state index >= 15 is 0 Å². The molecule has 5 nitrogen and oxygen atoms in total. The molecule has 1 aliphatic carbocycles. The van der Waals surface area contributed by atoms with Gasteiger partial charge in [0.15, 0.2) is 0 Å². The molecule has 0 aliphatic heterocycles. The number of hydrogen-bond acceptors (Lipinski definition) is 4. The maximum Gasteiger partial charge on any atom is 0.220 e. The Morgan fingerprint density at radius 1 is 1.39 bits per heavy atom. The lowest BCUT2D eigenvalue weighted by Crippen LogP contribution is -2.45. The van der Waals surface area contributed by atoms with Gasteiger partial charge in [-0.3, -0.25) is 4.79 Å². The Balaban J connectivity index is 2.42. The first-order chi connectivity index (χ1) is 8.43. The predicted molar refractivity (Wildman–Crippen MR) is 69.9 cm³/mol. The summed E-state index contributed by atoms with van der Waals surface area (Å²) in [5.74, 6) is -0.0870. The van der Waals surface area contributed by atoms with Crippen molar-refractivity contribution in [2.45, 2.75) is 51.0 Å². The molecule has 5 heteroatoms. The Morgan fingerprint density at radius 3 is 2.50 bits per heavy atom. The van der Waals surface area contributed by atoms with Crippen molar-refractivity contribution >= 4 is 5.91 Å². The monoisotopic (exact) mass is 258 g/mol. The van der Waals surface area contributed by atoms with Crippen LogP contribution in [-0.2, 0) is 4.79 Å². The van der Waals surface area contributed by atoms with E-state index < -0.39 is 5.60 Å². The van der Waals surface area contributed by atoms with E-state index in [1.54, 1.807) is 0 Å². The Bertz CT molecular complexity index is 273. The van der Waals surface area contributed by atoms with Gasteiger partial charge in [-0.15, -0.1) is 0 Å². The van der Waals surface area contributed by atoms with Crippen LogP contribution in [0, 0.1) is 5.41 Å². The van der Waals surface area contributed by atoms with Gasteiger partial charge in [0.2, 0.25) is 5.91 Å². The van der Waals surface area contributed by atoms with Gasteiger partial charge < -0.3 is 21.3 Å². The number of rotatable bonds is 6. The Kier molecular flexibility index (Phi) is 5.56. The van der Waals surface area contributed by atoms with Crippen LogP contribution in [0.25, 0.3) is 0 Å². The number of aliphatic hydroxyl groups is 2. The summed E-state index contributed by atoms with van der Waals surface area (Å²) in [6, 6.07) is 0. The maximum atomic E-state index is 11.9. The van der Waals surface area contributed by atoms with E-state index in [2.05, 4.69) is 5.32 Å². The lowest BCUT2D eigenvalue weighted by molar-refractivity contribution is -0.125. The third-order valence-corrected chi connectivity index (χ3v) is 3.89. The molecule has 1 unspecified atom stereocenters. The van der Waals surface area contributed by atoms with Crippen molar-refractivity contribution in [1.29, 1.82) is 0 Å². The summed E-state index contributed by atoms with van der Waals surface area (Å²) in [7, 11) is 0. The molecule has 0 saturated heterocycles. The highest BCUT2D eigenvalue weighted by Gasteiger charge is 2.33. The molecule has 0 spiro atoms. The summed E-state index contributed by atoms with van der Waals surface area (Å²) < 4.78 is 0. The minimum atomic E-state index is -1.25. The number of amides is 1. The van der Waals surface area contributed by atoms with E-state index in [4.69, 9.17) is 10.8 Å². The molecule has 1 rings (SSSR count). The molecule has 0 bridgehead atoms. The van der Waals surface area contributed by atoms with Crippen LogP contribution in [-0.4, -0.2) is 41.4 Å². The number of aliphatic hydroxyl groups excluding tert-OH is 1. The zero-order valence-corrected chi connectivity index (χ0v) is 11.2. The number of nitrogens with two attached hydrogens (primary N) is 1. The number of nitrogens with one attached hydrogen (secondary N) is 1. The number of carbonyl (C=O) groups is 1. The van der Waals surface area contributed by atoms with Crippen molar-refractivity contribution < 1.29 is 15.0 Å². The lowest BCUT2D eigenvalue weighted by atomic mass is 9.71. The smallest absolute Gasteiger partial charge is 0.220 e. The van der Waals surface area contributed by atoms with Gasteiger partial charge >= 0.3 is 0 Å². The van der Waals surface area contributed by atoms with Crippen molar-refractivity contribution in [3.8, 4) is 0 Å². The number of carbonyl (C=O) groups excluding carboxylic acids is 1.